The second kappa shape index (κ2) is 4.08. The molecule has 84 valence electrons. The molecule has 0 aliphatic carbocycles. The summed E-state index contributed by atoms with van der Waals surface area (Å²) in [5.41, 5.74) is 3.97. The standard InChI is InChI=1S/C13H16N2O/c1-8(2)9(3)5-11-10(4)13-12(16-11)6-14-7-15-13/h6-7,9H,1,5H2,2-4H3. The Hall–Kier alpha value is -1.64. The quantitative estimate of drug-likeness (QED) is 0.739. The van der Waals surface area contributed by atoms with E-state index in [9.17, 15) is 0 Å². The minimum atomic E-state index is 0.423. The molecule has 0 fully saturated rings. The molecular weight excluding hydrogens is 200 g/mol. The molecule has 2 aromatic heterocycles. The van der Waals surface area contributed by atoms with E-state index in [1.807, 2.05) is 13.8 Å². The third kappa shape index (κ3) is 1.85. The Morgan fingerprint density at radius 1 is 1.56 bits per heavy atom. The van der Waals surface area contributed by atoms with Gasteiger partial charge in [-0.2, -0.15) is 0 Å². The van der Waals surface area contributed by atoms with E-state index in [0.29, 0.717) is 5.92 Å². The summed E-state index contributed by atoms with van der Waals surface area (Å²) in [5.74, 6) is 1.42. The van der Waals surface area contributed by atoms with Crippen molar-refractivity contribution >= 4 is 11.1 Å². The molecule has 0 aliphatic rings. The number of furan rings is 1. The number of hydrogen-bond acceptors (Lipinski definition) is 3. The van der Waals surface area contributed by atoms with Crippen LogP contribution in [0.4, 0.5) is 0 Å². The van der Waals surface area contributed by atoms with Gasteiger partial charge in [0, 0.05) is 12.0 Å². The summed E-state index contributed by atoms with van der Waals surface area (Å²) >= 11 is 0. The smallest absolute Gasteiger partial charge is 0.171 e. The van der Waals surface area contributed by atoms with E-state index < -0.39 is 0 Å². The second-order valence-corrected chi connectivity index (χ2v) is 4.34. The largest absolute Gasteiger partial charge is 0.457 e. The SMILES string of the molecule is C=C(C)C(C)Cc1oc2cncnc2c1C. The van der Waals surface area contributed by atoms with Crippen LogP contribution in [0.15, 0.2) is 29.1 Å². The molecule has 2 rings (SSSR count). The van der Waals surface area contributed by atoms with Crippen LogP contribution >= 0.6 is 0 Å². The van der Waals surface area contributed by atoms with Gasteiger partial charge in [0.25, 0.3) is 0 Å². The van der Waals surface area contributed by atoms with Gasteiger partial charge in [-0.3, -0.25) is 0 Å². The molecule has 3 nitrogen and oxygen atoms in total. The number of allylic oxidation sites excluding steroid dienone is 1. The maximum absolute atomic E-state index is 5.75. The zero-order chi connectivity index (χ0) is 11.7. The predicted octanol–water partition coefficient (Wildman–Crippen LogP) is 3.29. The van der Waals surface area contributed by atoms with Crippen LogP contribution in [0.5, 0.6) is 0 Å². The third-order valence-electron chi connectivity index (χ3n) is 3.02. The molecule has 1 atom stereocenters. The molecule has 0 radical (unpaired) electrons. The number of aromatic nitrogens is 2. The van der Waals surface area contributed by atoms with E-state index in [2.05, 4.69) is 23.5 Å². The van der Waals surface area contributed by atoms with Crippen LogP contribution in [0.3, 0.4) is 0 Å². The van der Waals surface area contributed by atoms with Gasteiger partial charge in [0.1, 0.15) is 17.6 Å². The van der Waals surface area contributed by atoms with Gasteiger partial charge in [0.2, 0.25) is 0 Å². The number of fused-ring (bicyclic) bond motifs is 1. The molecule has 0 aliphatic heterocycles. The zero-order valence-corrected chi connectivity index (χ0v) is 9.95. The predicted molar refractivity (Wildman–Crippen MR) is 64.2 cm³/mol. The zero-order valence-electron chi connectivity index (χ0n) is 9.95. The minimum Gasteiger partial charge on any atom is -0.457 e. The first-order valence-electron chi connectivity index (χ1n) is 5.43. The molecule has 2 aromatic rings. The first-order chi connectivity index (χ1) is 7.59. The summed E-state index contributed by atoms with van der Waals surface area (Å²) in [6, 6.07) is 0. The molecule has 0 saturated heterocycles. The summed E-state index contributed by atoms with van der Waals surface area (Å²) < 4.78 is 5.75. The Kier molecular flexibility index (Phi) is 2.77. The number of aryl methyl sites for hydroxylation is 1. The third-order valence-corrected chi connectivity index (χ3v) is 3.02. The Labute approximate surface area is 95.2 Å². The van der Waals surface area contributed by atoms with E-state index in [-0.39, 0.29) is 0 Å². The minimum absolute atomic E-state index is 0.423. The van der Waals surface area contributed by atoms with Crippen molar-refractivity contribution in [2.75, 3.05) is 0 Å². The molecule has 0 amide bonds. The van der Waals surface area contributed by atoms with E-state index in [4.69, 9.17) is 4.42 Å². The lowest BCUT2D eigenvalue weighted by molar-refractivity contribution is 0.505. The number of rotatable bonds is 3. The van der Waals surface area contributed by atoms with Crippen LogP contribution in [0.1, 0.15) is 25.2 Å². The van der Waals surface area contributed by atoms with Crippen LogP contribution in [-0.2, 0) is 6.42 Å². The van der Waals surface area contributed by atoms with Crippen LogP contribution in [-0.4, -0.2) is 9.97 Å². The molecule has 1 unspecified atom stereocenters. The summed E-state index contributed by atoms with van der Waals surface area (Å²) in [5, 5.41) is 0. The molecule has 16 heavy (non-hydrogen) atoms. The van der Waals surface area contributed by atoms with E-state index in [1.165, 1.54) is 5.57 Å². The van der Waals surface area contributed by atoms with Crippen molar-refractivity contribution in [1.29, 1.82) is 0 Å². The van der Waals surface area contributed by atoms with Gasteiger partial charge in [-0.05, 0) is 19.8 Å². The Balaban J connectivity index is 2.38. The normalized spacial score (nSPS) is 12.9. The first kappa shape index (κ1) is 10.9. The average molecular weight is 216 g/mol. The lowest BCUT2D eigenvalue weighted by Gasteiger charge is -2.08. The van der Waals surface area contributed by atoms with Crippen LogP contribution in [0, 0.1) is 12.8 Å². The van der Waals surface area contributed by atoms with Gasteiger partial charge in [0.05, 0.1) is 6.20 Å². The lowest BCUT2D eigenvalue weighted by Crippen LogP contribution is -2.00. The molecule has 3 heteroatoms. The lowest BCUT2D eigenvalue weighted by atomic mass is 9.98. The van der Waals surface area contributed by atoms with E-state index >= 15 is 0 Å². The van der Waals surface area contributed by atoms with Gasteiger partial charge in [-0.1, -0.05) is 19.1 Å². The van der Waals surface area contributed by atoms with Crippen molar-refractivity contribution in [3.63, 3.8) is 0 Å². The summed E-state index contributed by atoms with van der Waals surface area (Å²) in [7, 11) is 0. The van der Waals surface area contributed by atoms with Gasteiger partial charge >= 0.3 is 0 Å². The van der Waals surface area contributed by atoms with Crippen LogP contribution in [0.25, 0.3) is 11.1 Å². The molecular formula is C13H16N2O. The first-order valence-corrected chi connectivity index (χ1v) is 5.43. The van der Waals surface area contributed by atoms with Crippen LogP contribution in [0.2, 0.25) is 0 Å². The Morgan fingerprint density at radius 3 is 2.94 bits per heavy atom. The monoisotopic (exact) mass is 216 g/mol. The molecule has 0 spiro atoms. The summed E-state index contributed by atoms with van der Waals surface area (Å²) in [6.45, 7) is 10.2. The van der Waals surface area contributed by atoms with Gasteiger partial charge in [-0.15, -0.1) is 0 Å². The van der Waals surface area contributed by atoms with Crippen molar-refractivity contribution in [1.82, 2.24) is 9.97 Å². The fourth-order valence-corrected chi connectivity index (χ4v) is 1.66. The van der Waals surface area contributed by atoms with Gasteiger partial charge < -0.3 is 4.42 Å². The molecule has 0 N–H and O–H groups in total. The maximum atomic E-state index is 5.75. The highest BCUT2D eigenvalue weighted by Gasteiger charge is 2.14. The number of nitrogens with zero attached hydrogens (tertiary/aromatic N) is 2. The van der Waals surface area contributed by atoms with E-state index in [0.717, 1.165) is 28.8 Å². The molecule has 2 heterocycles. The molecule has 0 bridgehead atoms. The van der Waals surface area contributed by atoms with Crippen molar-refractivity contribution in [2.45, 2.75) is 27.2 Å². The highest BCUT2D eigenvalue weighted by molar-refractivity contribution is 5.76. The fraction of sp³-hybridized carbons (Fsp3) is 0.385. The summed E-state index contributed by atoms with van der Waals surface area (Å²) in [6.07, 6.45) is 4.14. The summed E-state index contributed by atoms with van der Waals surface area (Å²) in [4.78, 5) is 8.19. The second-order valence-electron chi connectivity index (χ2n) is 4.34. The molecule has 0 saturated carbocycles. The van der Waals surface area contributed by atoms with Crippen molar-refractivity contribution in [3.05, 3.63) is 36.0 Å². The van der Waals surface area contributed by atoms with Gasteiger partial charge in [0.15, 0.2) is 5.58 Å². The van der Waals surface area contributed by atoms with Gasteiger partial charge in [-0.25, -0.2) is 9.97 Å². The van der Waals surface area contributed by atoms with Crippen molar-refractivity contribution in [2.24, 2.45) is 5.92 Å². The highest BCUT2D eigenvalue weighted by Crippen LogP contribution is 2.25. The topological polar surface area (TPSA) is 38.9 Å². The van der Waals surface area contributed by atoms with Crippen LogP contribution < -0.4 is 0 Å². The maximum Gasteiger partial charge on any atom is 0.171 e. The van der Waals surface area contributed by atoms with Crippen molar-refractivity contribution in [3.8, 4) is 0 Å². The van der Waals surface area contributed by atoms with E-state index in [1.54, 1.807) is 12.5 Å². The highest BCUT2D eigenvalue weighted by atomic mass is 16.3. The Morgan fingerprint density at radius 2 is 2.31 bits per heavy atom. The average Bonchev–Trinajstić information content (AvgIpc) is 2.56. The number of hydrogen-bond donors (Lipinski definition) is 0. The Bertz CT molecular complexity index is 528. The molecule has 0 aromatic carbocycles. The fourth-order valence-electron chi connectivity index (χ4n) is 1.66. The van der Waals surface area contributed by atoms with Crippen molar-refractivity contribution < 1.29 is 4.42 Å².